The van der Waals surface area contributed by atoms with Crippen molar-refractivity contribution in [2.24, 2.45) is 0 Å². The molecule has 0 unspecified atom stereocenters. The van der Waals surface area contributed by atoms with E-state index in [1.165, 1.54) is 17.0 Å². The van der Waals surface area contributed by atoms with Crippen molar-refractivity contribution in [1.29, 1.82) is 0 Å². The number of benzene rings is 3. The maximum absolute atomic E-state index is 13.9. The zero-order chi connectivity index (χ0) is 29.0. The van der Waals surface area contributed by atoms with Gasteiger partial charge in [0.1, 0.15) is 12.6 Å². The largest absolute Gasteiger partial charge is 0.350 e. The van der Waals surface area contributed by atoms with Gasteiger partial charge in [-0.1, -0.05) is 63.5 Å². The molecule has 0 bridgehead atoms. The average molecular weight is 615 g/mol. The van der Waals surface area contributed by atoms with Crippen LogP contribution >= 0.6 is 15.9 Å². The Labute approximate surface area is 240 Å². The molecule has 0 aliphatic carbocycles. The van der Waals surface area contributed by atoms with E-state index in [1.807, 2.05) is 58.9 Å². The predicted molar refractivity (Wildman–Crippen MR) is 159 cm³/mol. The van der Waals surface area contributed by atoms with E-state index in [-0.39, 0.29) is 17.3 Å². The maximum Gasteiger partial charge on any atom is 0.264 e. The standard InChI is InChI=1S/C30H36BrN3O4S/c1-21-7-15-26(16-8-21)34(39(37,38)27-17-9-22(2)10-18-27)20-28(35)33(19-24-11-13-25(31)14-12-24)23(3)29(36)32-30(4,5)6/h7-18,23H,19-20H2,1-6H3,(H,32,36)/t23-/m1/s1. The Morgan fingerprint density at radius 1 is 0.872 bits per heavy atom. The van der Waals surface area contributed by atoms with Gasteiger partial charge in [-0.3, -0.25) is 13.9 Å². The van der Waals surface area contributed by atoms with Crippen LogP contribution in [-0.2, 0) is 26.2 Å². The van der Waals surface area contributed by atoms with Gasteiger partial charge in [-0.15, -0.1) is 0 Å². The predicted octanol–water partition coefficient (Wildman–Crippen LogP) is 5.59. The van der Waals surface area contributed by atoms with Crippen LogP contribution in [0, 0.1) is 13.8 Å². The van der Waals surface area contributed by atoms with Crippen LogP contribution in [0.4, 0.5) is 5.69 Å². The SMILES string of the molecule is Cc1ccc(N(CC(=O)N(Cc2ccc(Br)cc2)[C@H](C)C(=O)NC(C)(C)C)S(=O)(=O)c2ccc(C)cc2)cc1. The highest BCUT2D eigenvalue weighted by molar-refractivity contribution is 9.10. The molecule has 0 fully saturated rings. The summed E-state index contributed by atoms with van der Waals surface area (Å²) in [5, 5.41) is 2.93. The van der Waals surface area contributed by atoms with E-state index in [2.05, 4.69) is 21.2 Å². The molecule has 0 radical (unpaired) electrons. The quantitative estimate of drug-likeness (QED) is 0.341. The van der Waals surface area contributed by atoms with E-state index in [0.717, 1.165) is 25.5 Å². The number of hydrogen-bond acceptors (Lipinski definition) is 4. The van der Waals surface area contributed by atoms with Crippen LogP contribution < -0.4 is 9.62 Å². The second-order valence-corrected chi connectivity index (χ2v) is 13.5. The fourth-order valence-electron chi connectivity index (χ4n) is 3.92. The highest BCUT2D eigenvalue weighted by atomic mass is 79.9. The molecule has 0 heterocycles. The molecule has 2 amide bonds. The van der Waals surface area contributed by atoms with Crippen molar-refractivity contribution in [3.8, 4) is 0 Å². The molecular formula is C30H36BrN3O4S. The molecule has 7 nitrogen and oxygen atoms in total. The van der Waals surface area contributed by atoms with Crippen molar-refractivity contribution in [1.82, 2.24) is 10.2 Å². The van der Waals surface area contributed by atoms with Crippen molar-refractivity contribution >= 4 is 43.5 Å². The molecule has 9 heteroatoms. The van der Waals surface area contributed by atoms with Crippen molar-refractivity contribution in [2.75, 3.05) is 10.8 Å². The molecule has 0 saturated heterocycles. The highest BCUT2D eigenvalue weighted by Crippen LogP contribution is 2.25. The minimum Gasteiger partial charge on any atom is -0.350 e. The number of carbonyl (C=O) groups excluding carboxylic acids is 2. The van der Waals surface area contributed by atoms with E-state index in [1.54, 1.807) is 43.3 Å². The van der Waals surface area contributed by atoms with E-state index >= 15 is 0 Å². The van der Waals surface area contributed by atoms with Crippen molar-refractivity contribution < 1.29 is 18.0 Å². The van der Waals surface area contributed by atoms with Crippen molar-refractivity contribution in [2.45, 2.75) is 64.6 Å². The monoisotopic (exact) mass is 613 g/mol. The molecule has 0 aliphatic rings. The van der Waals surface area contributed by atoms with Gasteiger partial charge in [0.15, 0.2) is 0 Å². The van der Waals surface area contributed by atoms with Gasteiger partial charge < -0.3 is 10.2 Å². The number of anilines is 1. The molecule has 0 spiro atoms. The van der Waals surface area contributed by atoms with Gasteiger partial charge in [0.05, 0.1) is 10.6 Å². The molecule has 0 saturated carbocycles. The number of rotatable bonds is 9. The molecular weight excluding hydrogens is 578 g/mol. The fraction of sp³-hybridized carbons (Fsp3) is 0.333. The average Bonchev–Trinajstić information content (AvgIpc) is 2.86. The first-order chi connectivity index (χ1) is 18.2. The zero-order valence-corrected chi connectivity index (χ0v) is 25.6. The lowest BCUT2D eigenvalue weighted by atomic mass is 10.1. The van der Waals surface area contributed by atoms with Crippen LogP contribution in [0.25, 0.3) is 0 Å². The summed E-state index contributed by atoms with van der Waals surface area (Å²) in [6, 6.07) is 20.1. The molecule has 1 N–H and O–H groups in total. The summed E-state index contributed by atoms with van der Waals surface area (Å²) >= 11 is 3.42. The summed E-state index contributed by atoms with van der Waals surface area (Å²) in [4.78, 5) is 28.6. The van der Waals surface area contributed by atoms with E-state index in [9.17, 15) is 18.0 Å². The lowest BCUT2D eigenvalue weighted by Crippen LogP contribution is -2.54. The normalized spacial score (nSPS) is 12.5. The summed E-state index contributed by atoms with van der Waals surface area (Å²) in [6.07, 6.45) is 0. The molecule has 1 atom stereocenters. The maximum atomic E-state index is 13.9. The molecule has 208 valence electrons. The van der Waals surface area contributed by atoms with Crippen molar-refractivity contribution in [3.05, 3.63) is 94.0 Å². The molecule has 0 aromatic heterocycles. The van der Waals surface area contributed by atoms with Gasteiger partial charge in [0, 0.05) is 16.6 Å². The number of nitrogens with zero attached hydrogens (tertiary/aromatic N) is 2. The third kappa shape index (κ3) is 8.16. The fourth-order valence-corrected chi connectivity index (χ4v) is 5.60. The van der Waals surface area contributed by atoms with Gasteiger partial charge >= 0.3 is 0 Å². The van der Waals surface area contributed by atoms with Crippen LogP contribution in [0.1, 0.15) is 44.4 Å². The number of amides is 2. The summed E-state index contributed by atoms with van der Waals surface area (Å²) in [5.41, 5.74) is 2.56. The molecule has 3 aromatic carbocycles. The summed E-state index contributed by atoms with van der Waals surface area (Å²) in [7, 11) is -4.09. The molecule has 39 heavy (non-hydrogen) atoms. The number of sulfonamides is 1. The van der Waals surface area contributed by atoms with E-state index in [4.69, 9.17) is 0 Å². The Balaban J connectivity index is 2.02. The van der Waals surface area contributed by atoms with Gasteiger partial charge in [-0.25, -0.2) is 8.42 Å². The molecule has 3 rings (SSSR count). The van der Waals surface area contributed by atoms with Crippen LogP contribution in [0.5, 0.6) is 0 Å². The van der Waals surface area contributed by atoms with Gasteiger partial charge in [0.25, 0.3) is 10.0 Å². The number of hydrogen-bond donors (Lipinski definition) is 1. The summed E-state index contributed by atoms with van der Waals surface area (Å²) in [5.74, 6) is -0.818. The zero-order valence-electron chi connectivity index (χ0n) is 23.2. The number of carbonyl (C=O) groups is 2. The van der Waals surface area contributed by atoms with Crippen LogP contribution in [0.3, 0.4) is 0 Å². The topological polar surface area (TPSA) is 86.8 Å². The Hall–Kier alpha value is -3.17. The Morgan fingerprint density at radius 3 is 1.90 bits per heavy atom. The Morgan fingerprint density at radius 2 is 1.38 bits per heavy atom. The van der Waals surface area contributed by atoms with Gasteiger partial charge in [0.2, 0.25) is 11.8 Å². The first-order valence-corrected chi connectivity index (χ1v) is 14.9. The molecule has 0 aliphatic heterocycles. The van der Waals surface area contributed by atoms with Crippen LogP contribution in [0.15, 0.2) is 82.2 Å². The van der Waals surface area contributed by atoms with Crippen molar-refractivity contribution in [3.63, 3.8) is 0 Å². The van der Waals surface area contributed by atoms with Crippen LogP contribution in [0.2, 0.25) is 0 Å². The van der Waals surface area contributed by atoms with Crippen LogP contribution in [-0.4, -0.2) is 43.3 Å². The highest BCUT2D eigenvalue weighted by Gasteiger charge is 2.33. The number of halogens is 1. The number of aryl methyl sites for hydroxylation is 2. The minimum atomic E-state index is -4.09. The Bertz CT molecular complexity index is 1400. The smallest absolute Gasteiger partial charge is 0.264 e. The van der Waals surface area contributed by atoms with Gasteiger partial charge in [-0.05, 0) is 83.5 Å². The van der Waals surface area contributed by atoms with E-state index in [0.29, 0.717) is 5.69 Å². The summed E-state index contributed by atoms with van der Waals surface area (Å²) in [6.45, 7) is 10.7. The number of nitrogens with one attached hydrogen (secondary N) is 1. The first kappa shape index (κ1) is 30.4. The second kappa shape index (κ2) is 12.3. The van der Waals surface area contributed by atoms with Gasteiger partial charge in [-0.2, -0.15) is 0 Å². The lowest BCUT2D eigenvalue weighted by molar-refractivity contribution is -0.140. The first-order valence-electron chi connectivity index (χ1n) is 12.7. The lowest BCUT2D eigenvalue weighted by Gasteiger charge is -2.33. The molecule has 3 aromatic rings. The van der Waals surface area contributed by atoms with E-state index < -0.39 is 34.1 Å². The minimum absolute atomic E-state index is 0.0828. The summed E-state index contributed by atoms with van der Waals surface area (Å²) < 4.78 is 29.7. The third-order valence-corrected chi connectivity index (χ3v) is 8.46. The Kier molecular flexibility index (Phi) is 9.61. The second-order valence-electron chi connectivity index (χ2n) is 10.7. The third-order valence-electron chi connectivity index (χ3n) is 6.14.